The van der Waals surface area contributed by atoms with Gasteiger partial charge in [0.2, 0.25) is 0 Å². The van der Waals surface area contributed by atoms with E-state index in [-0.39, 0.29) is 18.7 Å². The molecule has 0 aromatic rings. The van der Waals surface area contributed by atoms with Crippen molar-refractivity contribution in [2.24, 2.45) is 5.73 Å². The van der Waals surface area contributed by atoms with Crippen LogP contribution in [0.25, 0.3) is 0 Å². The quantitative estimate of drug-likeness (QED) is 0.619. The molecule has 0 aromatic carbocycles. The Hall–Kier alpha value is 0.170. The Kier molecular flexibility index (Phi) is 11.7. The standard InChI is InChI=1S/C6H15NO2.ClH/c1-3-8-6(5-7)9-4-2;/h6H,3-5,7H2,1-2H3;1H. The molecular formula is C6H16ClNO2. The summed E-state index contributed by atoms with van der Waals surface area (Å²) in [5.74, 6) is 0. The Morgan fingerprint density at radius 1 is 1.20 bits per heavy atom. The van der Waals surface area contributed by atoms with Gasteiger partial charge in [-0.1, -0.05) is 0 Å². The van der Waals surface area contributed by atoms with Crippen molar-refractivity contribution >= 4 is 12.4 Å². The van der Waals surface area contributed by atoms with Gasteiger partial charge in [-0.25, -0.2) is 0 Å². The molecule has 0 rings (SSSR count). The van der Waals surface area contributed by atoms with Crippen LogP contribution in [0.3, 0.4) is 0 Å². The lowest BCUT2D eigenvalue weighted by atomic mass is 10.6. The lowest BCUT2D eigenvalue weighted by molar-refractivity contribution is -0.128. The third-order valence-corrected chi connectivity index (χ3v) is 0.898. The van der Waals surface area contributed by atoms with Crippen LogP contribution in [0.1, 0.15) is 13.8 Å². The molecule has 0 saturated heterocycles. The number of halogens is 1. The van der Waals surface area contributed by atoms with Gasteiger partial charge in [0.25, 0.3) is 0 Å². The number of nitrogens with two attached hydrogens (primary N) is 1. The van der Waals surface area contributed by atoms with E-state index in [4.69, 9.17) is 15.2 Å². The number of hydrogen-bond donors (Lipinski definition) is 1. The van der Waals surface area contributed by atoms with Gasteiger partial charge in [0.05, 0.1) is 0 Å². The Bertz CT molecular complexity index is 57.7. The fraction of sp³-hybridized carbons (Fsp3) is 1.00. The molecule has 0 spiro atoms. The van der Waals surface area contributed by atoms with Crippen molar-refractivity contribution in [1.82, 2.24) is 0 Å². The molecule has 64 valence electrons. The molecule has 0 aliphatic carbocycles. The molecule has 0 unspecified atom stereocenters. The van der Waals surface area contributed by atoms with Crippen LogP contribution in [0.2, 0.25) is 0 Å². The molecule has 10 heavy (non-hydrogen) atoms. The van der Waals surface area contributed by atoms with Crippen LogP contribution < -0.4 is 5.73 Å². The first kappa shape index (κ1) is 12.8. The fourth-order valence-electron chi connectivity index (χ4n) is 0.556. The summed E-state index contributed by atoms with van der Waals surface area (Å²) in [5.41, 5.74) is 5.29. The third kappa shape index (κ3) is 6.29. The van der Waals surface area contributed by atoms with Gasteiger partial charge in [0.15, 0.2) is 6.29 Å². The molecule has 3 nitrogen and oxygen atoms in total. The van der Waals surface area contributed by atoms with Crippen LogP contribution >= 0.6 is 12.4 Å². The highest BCUT2D eigenvalue weighted by atomic mass is 35.5. The average Bonchev–Trinajstić information content (AvgIpc) is 1.88. The minimum Gasteiger partial charge on any atom is -0.352 e. The molecule has 0 atom stereocenters. The second kappa shape index (κ2) is 9.17. The normalized spacial score (nSPS) is 9.60. The van der Waals surface area contributed by atoms with Gasteiger partial charge >= 0.3 is 0 Å². The van der Waals surface area contributed by atoms with Crippen LogP contribution in [0, 0.1) is 0 Å². The molecule has 0 heterocycles. The Morgan fingerprint density at radius 2 is 1.60 bits per heavy atom. The highest BCUT2D eigenvalue weighted by molar-refractivity contribution is 5.85. The van der Waals surface area contributed by atoms with E-state index in [1.807, 2.05) is 13.8 Å². The van der Waals surface area contributed by atoms with E-state index in [0.717, 1.165) is 0 Å². The SMILES string of the molecule is CCOC(CN)OCC.Cl. The zero-order valence-electron chi connectivity index (χ0n) is 6.50. The second-order valence-corrected chi connectivity index (χ2v) is 1.58. The summed E-state index contributed by atoms with van der Waals surface area (Å²) < 4.78 is 10.2. The topological polar surface area (TPSA) is 44.5 Å². The Labute approximate surface area is 68.3 Å². The Balaban J connectivity index is 0. The molecule has 4 heteroatoms. The number of hydrogen-bond acceptors (Lipinski definition) is 3. The van der Waals surface area contributed by atoms with Gasteiger partial charge in [-0.2, -0.15) is 0 Å². The van der Waals surface area contributed by atoms with E-state index >= 15 is 0 Å². The monoisotopic (exact) mass is 169 g/mol. The smallest absolute Gasteiger partial charge is 0.169 e. The van der Waals surface area contributed by atoms with Gasteiger partial charge < -0.3 is 15.2 Å². The predicted molar refractivity (Wildman–Crippen MR) is 43.3 cm³/mol. The molecule has 0 saturated carbocycles. The Morgan fingerprint density at radius 3 is 1.80 bits per heavy atom. The molecule has 2 N–H and O–H groups in total. The molecule has 0 aliphatic heterocycles. The van der Waals surface area contributed by atoms with Crippen LogP contribution in [-0.4, -0.2) is 26.0 Å². The van der Waals surface area contributed by atoms with Crippen molar-refractivity contribution in [3.63, 3.8) is 0 Å². The molecular weight excluding hydrogens is 154 g/mol. The van der Waals surface area contributed by atoms with Crippen LogP contribution in [0.15, 0.2) is 0 Å². The first-order chi connectivity index (χ1) is 4.35. The number of rotatable bonds is 5. The molecule has 0 bridgehead atoms. The third-order valence-electron chi connectivity index (χ3n) is 0.898. The maximum absolute atomic E-state index is 5.29. The number of ether oxygens (including phenoxy) is 2. The van der Waals surface area contributed by atoms with Crippen molar-refractivity contribution in [3.05, 3.63) is 0 Å². The maximum atomic E-state index is 5.29. The summed E-state index contributed by atoms with van der Waals surface area (Å²) >= 11 is 0. The maximum Gasteiger partial charge on any atom is 0.169 e. The van der Waals surface area contributed by atoms with E-state index in [0.29, 0.717) is 19.8 Å². The van der Waals surface area contributed by atoms with Crippen molar-refractivity contribution in [2.75, 3.05) is 19.8 Å². The lowest BCUT2D eigenvalue weighted by Gasteiger charge is -2.13. The summed E-state index contributed by atoms with van der Waals surface area (Å²) in [5, 5.41) is 0. The van der Waals surface area contributed by atoms with Gasteiger partial charge in [-0.15, -0.1) is 12.4 Å². The zero-order chi connectivity index (χ0) is 7.11. The van der Waals surface area contributed by atoms with Crippen molar-refractivity contribution in [3.8, 4) is 0 Å². The predicted octanol–water partition coefficient (Wildman–Crippen LogP) is 0.766. The van der Waals surface area contributed by atoms with E-state index in [9.17, 15) is 0 Å². The molecule has 0 aromatic heterocycles. The first-order valence-corrected chi connectivity index (χ1v) is 3.28. The van der Waals surface area contributed by atoms with Crippen LogP contribution in [0.5, 0.6) is 0 Å². The zero-order valence-corrected chi connectivity index (χ0v) is 7.32. The minimum atomic E-state index is -0.208. The van der Waals surface area contributed by atoms with E-state index in [2.05, 4.69) is 0 Å². The first-order valence-electron chi connectivity index (χ1n) is 3.28. The fourth-order valence-corrected chi connectivity index (χ4v) is 0.556. The summed E-state index contributed by atoms with van der Waals surface area (Å²) in [6.07, 6.45) is -0.208. The highest BCUT2D eigenvalue weighted by Crippen LogP contribution is 1.90. The second-order valence-electron chi connectivity index (χ2n) is 1.58. The average molecular weight is 170 g/mol. The highest BCUT2D eigenvalue weighted by Gasteiger charge is 2.01. The van der Waals surface area contributed by atoms with E-state index < -0.39 is 0 Å². The van der Waals surface area contributed by atoms with Crippen molar-refractivity contribution in [2.45, 2.75) is 20.1 Å². The molecule has 0 fully saturated rings. The molecule has 0 aliphatic rings. The molecule has 0 amide bonds. The summed E-state index contributed by atoms with van der Waals surface area (Å²) in [7, 11) is 0. The van der Waals surface area contributed by atoms with Gasteiger partial charge in [0.1, 0.15) is 0 Å². The lowest BCUT2D eigenvalue weighted by Crippen LogP contribution is -2.26. The van der Waals surface area contributed by atoms with Crippen LogP contribution in [-0.2, 0) is 9.47 Å². The van der Waals surface area contributed by atoms with Crippen LogP contribution in [0.4, 0.5) is 0 Å². The van der Waals surface area contributed by atoms with Crippen molar-refractivity contribution < 1.29 is 9.47 Å². The largest absolute Gasteiger partial charge is 0.352 e. The van der Waals surface area contributed by atoms with E-state index in [1.165, 1.54) is 0 Å². The summed E-state index contributed by atoms with van der Waals surface area (Å²) in [6, 6.07) is 0. The minimum absolute atomic E-state index is 0. The van der Waals surface area contributed by atoms with Gasteiger partial charge in [-0.05, 0) is 13.8 Å². The summed E-state index contributed by atoms with van der Waals surface area (Å²) in [6.45, 7) is 5.58. The van der Waals surface area contributed by atoms with E-state index in [1.54, 1.807) is 0 Å². The van der Waals surface area contributed by atoms with Gasteiger partial charge in [0, 0.05) is 19.8 Å². The molecule has 0 radical (unpaired) electrons. The summed E-state index contributed by atoms with van der Waals surface area (Å²) in [4.78, 5) is 0. The van der Waals surface area contributed by atoms with Crippen molar-refractivity contribution in [1.29, 1.82) is 0 Å². The van der Waals surface area contributed by atoms with Gasteiger partial charge in [-0.3, -0.25) is 0 Å².